The molecule has 1 aromatic heterocycles. The molecule has 0 atom stereocenters. The third kappa shape index (κ3) is 3.85. The van der Waals surface area contributed by atoms with Gasteiger partial charge < -0.3 is 9.13 Å². The second-order valence-electron chi connectivity index (χ2n) is 4.09. The lowest BCUT2D eigenvalue weighted by atomic mass is 10.2. The fourth-order valence-corrected chi connectivity index (χ4v) is 1.58. The second-order valence-corrected chi connectivity index (χ2v) is 4.09. The van der Waals surface area contributed by atoms with Crippen LogP contribution in [0.25, 0.3) is 0 Å². The van der Waals surface area contributed by atoms with E-state index in [1.54, 1.807) is 19.4 Å². The van der Waals surface area contributed by atoms with Gasteiger partial charge in [-0.25, -0.2) is 5.84 Å². The van der Waals surface area contributed by atoms with Crippen molar-refractivity contribution in [2.45, 2.75) is 32.2 Å². The Kier molecular flexibility index (Phi) is 5.31. The molecule has 7 heteroatoms. The van der Waals surface area contributed by atoms with Gasteiger partial charge in [0.1, 0.15) is 0 Å². The molecule has 0 fully saturated rings. The fourth-order valence-electron chi connectivity index (χ4n) is 1.58. The van der Waals surface area contributed by atoms with E-state index in [1.165, 1.54) is 9.13 Å². The van der Waals surface area contributed by atoms with Crippen molar-refractivity contribution in [3.05, 3.63) is 33.1 Å². The van der Waals surface area contributed by atoms with Gasteiger partial charge in [-0.3, -0.25) is 19.8 Å². The molecule has 1 rings (SSSR count). The molecule has 0 aromatic carbocycles. The van der Waals surface area contributed by atoms with Gasteiger partial charge in [-0.1, -0.05) is 6.42 Å². The normalized spacial score (nSPS) is 10.3. The lowest BCUT2D eigenvalue weighted by Crippen LogP contribution is -2.39. The molecule has 0 aliphatic heterocycles. The average Bonchev–Trinajstić information content (AvgIpc) is 2.37. The molecule has 7 nitrogen and oxygen atoms in total. The van der Waals surface area contributed by atoms with E-state index < -0.39 is 11.1 Å². The summed E-state index contributed by atoms with van der Waals surface area (Å²) in [6, 6.07) is 0. The monoisotopic (exact) mass is 254 g/mol. The first-order valence-corrected chi connectivity index (χ1v) is 5.81. The smallest absolute Gasteiger partial charge is 0.312 e. The Morgan fingerprint density at radius 1 is 1.22 bits per heavy atom. The number of carbonyl (C=O) groups excluding carboxylic acids is 1. The summed E-state index contributed by atoms with van der Waals surface area (Å²) >= 11 is 0. The predicted molar refractivity (Wildman–Crippen MR) is 66.7 cm³/mol. The molecule has 0 aliphatic rings. The number of unbranched alkanes of at least 4 members (excludes halogenated alkanes) is 2. The van der Waals surface area contributed by atoms with Gasteiger partial charge in [0.25, 0.3) is 0 Å². The third-order valence-electron chi connectivity index (χ3n) is 2.70. The summed E-state index contributed by atoms with van der Waals surface area (Å²) in [6.45, 7) is 0.485. The number of amides is 1. The Balaban J connectivity index is 2.41. The molecule has 100 valence electrons. The van der Waals surface area contributed by atoms with Crippen LogP contribution in [0.1, 0.15) is 25.7 Å². The van der Waals surface area contributed by atoms with Gasteiger partial charge in [0.05, 0.1) is 0 Å². The number of nitrogens with one attached hydrogen (secondary N) is 1. The van der Waals surface area contributed by atoms with Crippen LogP contribution in [0.5, 0.6) is 0 Å². The highest BCUT2D eigenvalue weighted by Gasteiger charge is 2.02. The first-order valence-electron chi connectivity index (χ1n) is 5.81. The SMILES string of the molecule is Cn1ccn(CCCCCC(=O)NN)c(=O)c1=O. The zero-order valence-electron chi connectivity index (χ0n) is 10.4. The van der Waals surface area contributed by atoms with Crippen LogP contribution in [0.2, 0.25) is 0 Å². The highest BCUT2D eigenvalue weighted by atomic mass is 16.2. The van der Waals surface area contributed by atoms with E-state index in [1.807, 2.05) is 0 Å². The van der Waals surface area contributed by atoms with Crippen molar-refractivity contribution in [2.24, 2.45) is 12.9 Å². The van der Waals surface area contributed by atoms with E-state index >= 15 is 0 Å². The van der Waals surface area contributed by atoms with Gasteiger partial charge >= 0.3 is 11.1 Å². The number of aromatic nitrogens is 2. The van der Waals surface area contributed by atoms with Crippen molar-refractivity contribution in [3.63, 3.8) is 0 Å². The van der Waals surface area contributed by atoms with Crippen molar-refractivity contribution >= 4 is 5.91 Å². The van der Waals surface area contributed by atoms with Gasteiger partial charge in [-0.2, -0.15) is 0 Å². The summed E-state index contributed by atoms with van der Waals surface area (Å²) in [4.78, 5) is 33.8. The maximum atomic E-state index is 11.6. The van der Waals surface area contributed by atoms with Gasteiger partial charge in [-0.15, -0.1) is 0 Å². The Hall–Kier alpha value is -1.89. The molecule has 0 unspecified atom stereocenters. The summed E-state index contributed by atoms with van der Waals surface area (Å²) in [5.74, 6) is 4.75. The molecule has 0 radical (unpaired) electrons. The zero-order valence-corrected chi connectivity index (χ0v) is 10.4. The molecular formula is C11H18N4O3. The van der Waals surface area contributed by atoms with Crippen molar-refractivity contribution in [1.82, 2.24) is 14.6 Å². The standard InChI is InChI=1S/C11H18N4O3/c1-14-7-8-15(11(18)10(14)17)6-4-2-3-5-9(16)13-12/h7-8H,2-6,12H2,1H3,(H,13,16). The van der Waals surface area contributed by atoms with Crippen molar-refractivity contribution < 1.29 is 4.79 Å². The van der Waals surface area contributed by atoms with Crippen molar-refractivity contribution in [2.75, 3.05) is 0 Å². The third-order valence-corrected chi connectivity index (χ3v) is 2.70. The number of nitrogens with zero attached hydrogens (tertiary/aromatic N) is 2. The van der Waals surface area contributed by atoms with Crippen LogP contribution >= 0.6 is 0 Å². The van der Waals surface area contributed by atoms with E-state index in [-0.39, 0.29) is 5.91 Å². The van der Waals surface area contributed by atoms with Crippen LogP contribution in [0.3, 0.4) is 0 Å². The zero-order chi connectivity index (χ0) is 13.5. The number of hydrazine groups is 1. The lowest BCUT2D eigenvalue weighted by molar-refractivity contribution is -0.121. The highest BCUT2D eigenvalue weighted by Crippen LogP contribution is 2.00. The summed E-state index contributed by atoms with van der Waals surface area (Å²) < 4.78 is 2.65. The van der Waals surface area contributed by atoms with Gasteiger partial charge in [0.15, 0.2) is 0 Å². The number of aryl methyl sites for hydroxylation is 2. The Morgan fingerprint density at radius 2 is 1.94 bits per heavy atom. The molecule has 0 bridgehead atoms. The molecule has 1 amide bonds. The van der Waals surface area contributed by atoms with Crippen LogP contribution in [-0.4, -0.2) is 15.0 Å². The predicted octanol–water partition coefficient (Wildman–Crippen LogP) is -0.903. The molecule has 0 saturated carbocycles. The van der Waals surface area contributed by atoms with E-state index in [0.29, 0.717) is 19.4 Å². The Morgan fingerprint density at radius 3 is 2.61 bits per heavy atom. The second kappa shape index (κ2) is 6.75. The average molecular weight is 254 g/mol. The Bertz CT molecular complexity index is 518. The van der Waals surface area contributed by atoms with Crippen LogP contribution in [0, 0.1) is 0 Å². The minimum Gasteiger partial charge on any atom is -0.312 e. The minimum atomic E-state index is -0.528. The fraction of sp³-hybridized carbons (Fsp3) is 0.545. The number of carbonyl (C=O) groups is 1. The number of nitrogens with two attached hydrogens (primary N) is 1. The molecule has 0 aliphatic carbocycles. The summed E-state index contributed by atoms with van der Waals surface area (Å²) in [5.41, 5.74) is 1.02. The number of hydrogen-bond donors (Lipinski definition) is 2. The van der Waals surface area contributed by atoms with Crippen LogP contribution in [0.4, 0.5) is 0 Å². The van der Waals surface area contributed by atoms with Crippen LogP contribution in [-0.2, 0) is 18.4 Å². The molecule has 1 heterocycles. The molecule has 3 N–H and O–H groups in total. The van der Waals surface area contributed by atoms with Crippen molar-refractivity contribution in [1.29, 1.82) is 0 Å². The Labute approximate surface area is 104 Å². The molecule has 0 spiro atoms. The van der Waals surface area contributed by atoms with E-state index in [9.17, 15) is 14.4 Å². The van der Waals surface area contributed by atoms with Gasteiger partial charge in [0.2, 0.25) is 5.91 Å². The minimum absolute atomic E-state index is 0.194. The number of rotatable bonds is 6. The molecule has 1 aromatic rings. The summed E-state index contributed by atoms with van der Waals surface area (Å²) in [5, 5.41) is 0. The van der Waals surface area contributed by atoms with E-state index in [4.69, 9.17) is 5.84 Å². The maximum absolute atomic E-state index is 11.6. The lowest BCUT2D eigenvalue weighted by Gasteiger charge is -2.05. The highest BCUT2D eigenvalue weighted by molar-refractivity contribution is 5.74. The first kappa shape index (κ1) is 14.2. The first-order chi connectivity index (χ1) is 8.56. The maximum Gasteiger partial charge on any atom is 0.316 e. The summed E-state index contributed by atoms with van der Waals surface area (Å²) in [7, 11) is 1.54. The van der Waals surface area contributed by atoms with Gasteiger partial charge in [-0.05, 0) is 12.8 Å². The topological polar surface area (TPSA) is 99.1 Å². The van der Waals surface area contributed by atoms with E-state index in [0.717, 1.165) is 12.8 Å². The number of hydrogen-bond acceptors (Lipinski definition) is 4. The summed E-state index contributed by atoms with van der Waals surface area (Å²) in [6.07, 6.45) is 5.78. The quantitative estimate of drug-likeness (QED) is 0.226. The van der Waals surface area contributed by atoms with Crippen LogP contribution < -0.4 is 22.4 Å². The molecule has 18 heavy (non-hydrogen) atoms. The van der Waals surface area contributed by atoms with Crippen LogP contribution in [0.15, 0.2) is 22.0 Å². The molecular weight excluding hydrogens is 236 g/mol. The largest absolute Gasteiger partial charge is 0.316 e. The van der Waals surface area contributed by atoms with Crippen molar-refractivity contribution in [3.8, 4) is 0 Å². The molecule has 0 saturated heterocycles. The van der Waals surface area contributed by atoms with E-state index in [2.05, 4.69) is 5.43 Å². The van der Waals surface area contributed by atoms with Gasteiger partial charge in [0, 0.05) is 32.4 Å².